The van der Waals surface area contributed by atoms with E-state index in [1.807, 2.05) is 77.3 Å². The van der Waals surface area contributed by atoms with Gasteiger partial charge >= 0.3 is 5.97 Å². The van der Waals surface area contributed by atoms with Crippen molar-refractivity contribution in [3.8, 4) is 22.2 Å². The lowest BCUT2D eigenvalue weighted by Crippen LogP contribution is -2.32. The van der Waals surface area contributed by atoms with E-state index in [2.05, 4.69) is 9.71 Å². The van der Waals surface area contributed by atoms with Crippen LogP contribution in [0.4, 0.5) is 0 Å². The van der Waals surface area contributed by atoms with Crippen LogP contribution in [0.15, 0.2) is 35.7 Å². The highest BCUT2D eigenvalue weighted by Gasteiger charge is 2.35. The summed E-state index contributed by atoms with van der Waals surface area (Å²) in [5, 5.41) is 1.93. The second kappa shape index (κ2) is 24.4. The Kier molecular flexibility index (Phi) is 26.4. The van der Waals surface area contributed by atoms with Crippen LogP contribution in [0.1, 0.15) is 125 Å². The van der Waals surface area contributed by atoms with Gasteiger partial charge < -0.3 is 14.2 Å². The van der Waals surface area contributed by atoms with Gasteiger partial charge in [0.05, 0.1) is 40.3 Å². The number of carbonyl (C=O) groups excluding carboxylic acids is 1. The first-order valence-electron chi connectivity index (χ1n) is 14.7. The molecule has 0 radical (unpaired) electrons. The molecule has 0 unspecified atom stereocenters. The van der Waals surface area contributed by atoms with Crippen LogP contribution in [-0.2, 0) is 19.6 Å². The van der Waals surface area contributed by atoms with Crippen molar-refractivity contribution in [2.45, 2.75) is 148 Å². The average molecular weight is 716 g/mol. The minimum Gasteiger partial charge on any atom is -0.497 e. The molecule has 1 aromatic carbocycles. The number of fused-ring (bicyclic) bond motifs is 1. The quantitative estimate of drug-likeness (QED) is 0.218. The molecule has 2 fully saturated rings. The van der Waals surface area contributed by atoms with Gasteiger partial charge in [-0.1, -0.05) is 64.5 Å². The molecule has 0 spiro atoms. The second-order valence-electron chi connectivity index (χ2n) is 11.4. The lowest BCUT2D eigenvalue weighted by Gasteiger charge is -2.13. The Morgan fingerprint density at radius 2 is 1.48 bits per heavy atom. The van der Waals surface area contributed by atoms with Crippen molar-refractivity contribution in [3.63, 3.8) is 0 Å². The van der Waals surface area contributed by atoms with Crippen LogP contribution in [0, 0.1) is 5.92 Å². The smallest absolute Gasteiger partial charge is 0.308 e. The minimum absolute atomic E-state index is 0. The van der Waals surface area contributed by atoms with E-state index in [9.17, 15) is 13.2 Å². The van der Waals surface area contributed by atoms with Crippen molar-refractivity contribution < 1.29 is 27.4 Å². The third-order valence-electron chi connectivity index (χ3n) is 6.36. The van der Waals surface area contributed by atoms with Crippen molar-refractivity contribution in [2.75, 3.05) is 7.11 Å². The molecule has 0 amide bonds. The van der Waals surface area contributed by atoms with Crippen molar-refractivity contribution in [1.82, 2.24) is 14.7 Å². The molecule has 9 nitrogen and oxygen atoms in total. The summed E-state index contributed by atoms with van der Waals surface area (Å²) in [7, 11) is -1.29. The number of esters is 1. The zero-order valence-electron chi connectivity index (χ0n) is 25.8. The van der Waals surface area contributed by atoms with Gasteiger partial charge in [0.1, 0.15) is 17.5 Å². The standard InChI is InChI=1S/C16H16N2O2S.C9H16O2.C6H13NO2S.6CH4/c1-10(2)20-16-15(14-5-4-8-21-14)17-13-9-11(19-3)6-7-12(13)18-16;1-7(2)9(10)11-8-5-3-4-6-8;1-5(2)7-10(8,9)6-3-4-6;;;;;;/h4-10H,1-3H3;7-8H,3-6H2,1-2H3;5-7H,3-4H2,1-2H3;6*1H4. The Bertz CT molecular complexity index is 1380. The zero-order valence-corrected chi connectivity index (χ0v) is 27.4. The predicted molar refractivity (Wildman–Crippen MR) is 209 cm³/mol. The van der Waals surface area contributed by atoms with Crippen molar-refractivity contribution >= 4 is 38.4 Å². The van der Waals surface area contributed by atoms with Gasteiger partial charge in [0.25, 0.3) is 0 Å². The van der Waals surface area contributed by atoms with E-state index in [4.69, 9.17) is 19.2 Å². The van der Waals surface area contributed by atoms with E-state index >= 15 is 0 Å². The van der Waals surface area contributed by atoms with E-state index < -0.39 is 10.0 Å². The van der Waals surface area contributed by atoms with Gasteiger partial charge in [-0.25, -0.2) is 23.1 Å². The van der Waals surface area contributed by atoms with Crippen molar-refractivity contribution in [3.05, 3.63) is 35.7 Å². The maximum Gasteiger partial charge on any atom is 0.308 e. The molecule has 0 saturated heterocycles. The fourth-order valence-corrected chi connectivity index (χ4v) is 6.45. The number of hydrogen-bond donors (Lipinski definition) is 1. The molecule has 2 aliphatic rings. The Hall–Kier alpha value is -2.76. The fourth-order valence-electron chi connectivity index (χ4n) is 4.13. The van der Waals surface area contributed by atoms with E-state index in [0.717, 1.165) is 53.0 Å². The molecule has 0 aliphatic heterocycles. The third-order valence-corrected chi connectivity index (χ3v) is 9.39. The number of nitrogens with zero attached hydrogens (tertiary/aromatic N) is 2. The number of hydrogen-bond acceptors (Lipinski definition) is 9. The van der Waals surface area contributed by atoms with Crippen molar-refractivity contribution in [2.24, 2.45) is 5.92 Å². The Labute approximate surface area is 298 Å². The zero-order chi connectivity index (χ0) is 30.9. The summed E-state index contributed by atoms with van der Waals surface area (Å²) in [4.78, 5) is 21.5. The molecule has 1 N–H and O–H groups in total. The molecular weight excluding hydrogens is 647 g/mol. The summed E-state index contributed by atoms with van der Waals surface area (Å²) in [6, 6.07) is 9.71. The van der Waals surface area contributed by atoms with Gasteiger partial charge in [-0.15, -0.1) is 11.3 Å². The summed E-state index contributed by atoms with van der Waals surface area (Å²) in [5.41, 5.74) is 2.38. The second-order valence-corrected chi connectivity index (χ2v) is 14.3. The Balaban J connectivity index is -0.000000311. The summed E-state index contributed by atoms with van der Waals surface area (Å²) in [6.07, 6.45) is 6.52. The van der Waals surface area contributed by atoms with Gasteiger partial charge in [0.15, 0.2) is 0 Å². The molecule has 3 aromatic rings. The number of sulfonamides is 1. The maximum atomic E-state index is 11.1. The normalized spacial score (nSPS) is 13.4. The number of aromatic nitrogens is 2. The van der Waals surface area contributed by atoms with E-state index in [0.29, 0.717) is 5.88 Å². The predicted octanol–water partition coefficient (Wildman–Crippen LogP) is 10.6. The monoisotopic (exact) mass is 715 g/mol. The van der Waals surface area contributed by atoms with E-state index in [-0.39, 0.29) is 79.9 Å². The van der Waals surface area contributed by atoms with Gasteiger partial charge in [0, 0.05) is 12.1 Å². The largest absolute Gasteiger partial charge is 0.497 e. The molecule has 2 aromatic heterocycles. The molecule has 2 heterocycles. The fraction of sp³-hybridized carbons (Fsp3) is 0.649. The first kappa shape index (κ1) is 52.1. The molecular formula is C37H69N3O6S2. The van der Waals surface area contributed by atoms with E-state index in [1.165, 1.54) is 12.8 Å². The van der Waals surface area contributed by atoms with Crippen LogP contribution in [0.2, 0.25) is 0 Å². The molecule has 2 saturated carbocycles. The van der Waals surface area contributed by atoms with Crippen LogP contribution < -0.4 is 14.2 Å². The van der Waals surface area contributed by atoms with Crippen LogP contribution in [0.5, 0.6) is 11.6 Å². The first-order valence-corrected chi connectivity index (χ1v) is 17.1. The lowest BCUT2D eigenvalue weighted by atomic mass is 10.2. The van der Waals surface area contributed by atoms with Gasteiger partial charge in [-0.3, -0.25) is 4.79 Å². The lowest BCUT2D eigenvalue weighted by molar-refractivity contribution is -0.152. The summed E-state index contributed by atoms with van der Waals surface area (Å²) in [6.45, 7) is 11.4. The molecule has 11 heteroatoms. The minimum atomic E-state index is -2.94. The van der Waals surface area contributed by atoms with E-state index in [1.54, 1.807) is 18.4 Å². The summed E-state index contributed by atoms with van der Waals surface area (Å²) < 4.78 is 41.1. The third kappa shape index (κ3) is 16.6. The van der Waals surface area contributed by atoms with Gasteiger partial charge in [-0.05, 0) is 89.8 Å². The topological polar surface area (TPSA) is 117 Å². The number of benzene rings is 1. The SMILES string of the molecule is C.C.C.C.C.C.CC(C)C(=O)OC1CCCC1.CC(C)NS(=O)(=O)C1CC1.COc1ccc2nc(OC(C)C)c(-c3cccs3)nc2c1. The van der Waals surface area contributed by atoms with Crippen LogP contribution in [0.25, 0.3) is 21.6 Å². The number of methoxy groups -OCH3 is 1. The molecule has 2 aliphatic carbocycles. The highest BCUT2D eigenvalue weighted by Crippen LogP contribution is 2.33. The molecule has 280 valence electrons. The maximum absolute atomic E-state index is 11.1. The van der Waals surface area contributed by atoms with Crippen molar-refractivity contribution in [1.29, 1.82) is 0 Å². The number of ether oxygens (including phenoxy) is 3. The Morgan fingerprint density at radius 1 is 0.875 bits per heavy atom. The van der Waals surface area contributed by atoms with Crippen LogP contribution in [-0.4, -0.2) is 55.0 Å². The number of rotatable bonds is 9. The number of nitrogens with one attached hydrogen (secondary N) is 1. The van der Waals surface area contributed by atoms with Gasteiger partial charge in [0.2, 0.25) is 15.9 Å². The highest BCUT2D eigenvalue weighted by atomic mass is 32.2. The summed E-state index contributed by atoms with van der Waals surface area (Å²) in [5.74, 6) is 1.32. The Morgan fingerprint density at radius 3 is 1.94 bits per heavy atom. The van der Waals surface area contributed by atoms with Crippen LogP contribution >= 0.6 is 11.3 Å². The summed E-state index contributed by atoms with van der Waals surface area (Å²) >= 11 is 1.62. The number of carbonyl (C=O) groups is 1. The molecule has 5 rings (SSSR count). The van der Waals surface area contributed by atoms with Crippen LogP contribution in [0.3, 0.4) is 0 Å². The number of thiophene rings is 1. The highest BCUT2D eigenvalue weighted by molar-refractivity contribution is 7.90. The van der Waals surface area contributed by atoms with Gasteiger partial charge in [-0.2, -0.15) is 0 Å². The molecule has 48 heavy (non-hydrogen) atoms. The molecule has 0 atom stereocenters. The first-order chi connectivity index (χ1) is 19.9. The molecule has 0 bridgehead atoms. The average Bonchev–Trinajstić information content (AvgIpc) is 3.42.